The van der Waals surface area contributed by atoms with Crippen molar-refractivity contribution in [2.75, 3.05) is 6.54 Å². The lowest BCUT2D eigenvalue weighted by Crippen LogP contribution is -2.01. The van der Waals surface area contributed by atoms with Crippen LogP contribution in [0.25, 0.3) is 10.4 Å². The molecule has 15 heavy (non-hydrogen) atoms. The molecule has 0 rings (SSSR count). The summed E-state index contributed by atoms with van der Waals surface area (Å²) in [5.74, 6) is 0. The Balaban J connectivity index is 3.36. The summed E-state index contributed by atoms with van der Waals surface area (Å²) in [6, 6.07) is 0. The summed E-state index contributed by atoms with van der Waals surface area (Å²) in [7, 11) is 0. The predicted octanol–water partition coefficient (Wildman–Crippen LogP) is 3.57. The maximum atomic E-state index is 9.51. The number of aliphatic hydroxyl groups excluding tert-OH is 1. The average molecular weight is 211 g/mol. The molecule has 1 atom stereocenters. The minimum atomic E-state index is -0.309. The number of rotatable bonds is 9. The molecule has 4 heteroatoms. The van der Waals surface area contributed by atoms with Crippen molar-refractivity contribution in [3.05, 3.63) is 22.6 Å². The van der Waals surface area contributed by atoms with Gasteiger partial charge in [-0.25, -0.2) is 0 Å². The zero-order valence-corrected chi connectivity index (χ0v) is 9.47. The van der Waals surface area contributed by atoms with E-state index in [0.29, 0.717) is 6.54 Å². The maximum absolute atomic E-state index is 9.51. The summed E-state index contributed by atoms with van der Waals surface area (Å²) in [4.78, 5) is 2.67. The Kier molecular flexibility index (Phi) is 10.4. The van der Waals surface area contributed by atoms with Crippen molar-refractivity contribution in [3.63, 3.8) is 0 Å². The molecule has 0 aliphatic rings. The fraction of sp³-hybridized carbons (Fsp3) is 0.818. The molecule has 86 valence electrons. The molecule has 0 fully saturated rings. The highest BCUT2D eigenvalue weighted by Gasteiger charge is 1.96. The van der Waals surface area contributed by atoms with Crippen molar-refractivity contribution >= 4 is 0 Å². The molecule has 0 saturated carbocycles. The van der Waals surface area contributed by atoms with E-state index in [9.17, 15) is 5.11 Å². The van der Waals surface area contributed by atoms with Crippen molar-refractivity contribution in [1.82, 2.24) is 0 Å². The van der Waals surface area contributed by atoms with Crippen LogP contribution in [0, 0.1) is 0 Å². The first-order valence-electron chi connectivity index (χ1n) is 5.66. The van der Waals surface area contributed by atoms with Crippen LogP contribution in [0.15, 0.2) is 17.3 Å². The van der Waals surface area contributed by atoms with Gasteiger partial charge in [-0.1, -0.05) is 43.5 Å². The molecule has 0 aromatic rings. The number of unbranched alkanes of at least 4 members (excludes halogenated alkanes) is 3. The molecule has 4 nitrogen and oxygen atoms in total. The molecule has 0 spiro atoms. The lowest BCUT2D eigenvalue weighted by atomic mass is 10.1. The van der Waals surface area contributed by atoms with Crippen LogP contribution in [0.2, 0.25) is 0 Å². The Morgan fingerprint density at radius 3 is 2.87 bits per heavy atom. The number of azide groups is 1. The molecule has 1 unspecified atom stereocenters. The van der Waals surface area contributed by atoms with Crippen LogP contribution in [0.5, 0.6) is 0 Å². The van der Waals surface area contributed by atoms with Gasteiger partial charge in [0, 0.05) is 11.5 Å². The molecule has 0 aromatic heterocycles. The fourth-order valence-electron chi connectivity index (χ4n) is 1.28. The van der Waals surface area contributed by atoms with Crippen LogP contribution in [0.1, 0.15) is 45.4 Å². The van der Waals surface area contributed by atoms with Gasteiger partial charge in [-0.05, 0) is 24.8 Å². The normalized spacial score (nSPS) is 12.7. The smallest absolute Gasteiger partial charge is 0.0720 e. The Morgan fingerprint density at radius 2 is 2.20 bits per heavy atom. The van der Waals surface area contributed by atoms with Gasteiger partial charge < -0.3 is 5.11 Å². The van der Waals surface area contributed by atoms with Gasteiger partial charge in [0.05, 0.1) is 6.10 Å². The summed E-state index contributed by atoms with van der Waals surface area (Å²) in [6.45, 7) is 2.69. The highest BCUT2D eigenvalue weighted by molar-refractivity contribution is 4.88. The molecule has 0 saturated heterocycles. The van der Waals surface area contributed by atoms with Gasteiger partial charge in [-0.3, -0.25) is 0 Å². The molecule has 0 aromatic carbocycles. The summed E-state index contributed by atoms with van der Waals surface area (Å²) >= 11 is 0. The van der Waals surface area contributed by atoms with Crippen molar-refractivity contribution in [3.8, 4) is 0 Å². The summed E-state index contributed by atoms with van der Waals surface area (Å²) in [5.41, 5.74) is 8.03. The summed E-state index contributed by atoms with van der Waals surface area (Å²) in [5, 5.41) is 12.9. The Morgan fingerprint density at radius 1 is 1.40 bits per heavy atom. The quantitative estimate of drug-likeness (QED) is 0.204. The largest absolute Gasteiger partial charge is 0.389 e. The third-order valence-corrected chi connectivity index (χ3v) is 2.15. The van der Waals surface area contributed by atoms with Crippen LogP contribution in [0.4, 0.5) is 0 Å². The average Bonchev–Trinajstić information content (AvgIpc) is 2.23. The van der Waals surface area contributed by atoms with E-state index in [1.165, 1.54) is 12.8 Å². The number of hydrogen-bond donors (Lipinski definition) is 1. The van der Waals surface area contributed by atoms with Gasteiger partial charge in [0.25, 0.3) is 0 Å². The van der Waals surface area contributed by atoms with E-state index < -0.39 is 0 Å². The Hall–Kier alpha value is -0.990. The number of aliphatic hydroxyl groups is 1. The van der Waals surface area contributed by atoms with Crippen molar-refractivity contribution in [1.29, 1.82) is 0 Å². The van der Waals surface area contributed by atoms with Crippen LogP contribution in [-0.4, -0.2) is 17.8 Å². The second kappa shape index (κ2) is 11.1. The molecule has 0 amide bonds. The predicted molar refractivity (Wildman–Crippen MR) is 62.5 cm³/mol. The minimum Gasteiger partial charge on any atom is -0.389 e. The van der Waals surface area contributed by atoms with Gasteiger partial charge in [-0.2, -0.15) is 0 Å². The lowest BCUT2D eigenvalue weighted by molar-refractivity contribution is 0.208. The fourth-order valence-corrected chi connectivity index (χ4v) is 1.28. The summed E-state index contributed by atoms with van der Waals surface area (Å²) < 4.78 is 0. The highest BCUT2D eigenvalue weighted by Crippen LogP contribution is 2.05. The highest BCUT2D eigenvalue weighted by atomic mass is 16.3. The third-order valence-electron chi connectivity index (χ3n) is 2.15. The number of nitrogens with zero attached hydrogens (tertiary/aromatic N) is 3. The first-order chi connectivity index (χ1) is 7.31. The molecule has 1 N–H and O–H groups in total. The van der Waals surface area contributed by atoms with E-state index in [0.717, 1.165) is 25.7 Å². The van der Waals surface area contributed by atoms with E-state index in [1.54, 1.807) is 0 Å². The van der Waals surface area contributed by atoms with Gasteiger partial charge in [0.1, 0.15) is 0 Å². The zero-order valence-electron chi connectivity index (χ0n) is 9.47. The van der Waals surface area contributed by atoms with E-state index in [1.807, 2.05) is 12.2 Å². The van der Waals surface area contributed by atoms with Crippen LogP contribution in [-0.2, 0) is 0 Å². The monoisotopic (exact) mass is 211 g/mol. The van der Waals surface area contributed by atoms with E-state index in [-0.39, 0.29) is 6.10 Å². The van der Waals surface area contributed by atoms with Crippen LogP contribution < -0.4 is 0 Å². The third kappa shape index (κ3) is 10.9. The molecule has 0 aliphatic heterocycles. The van der Waals surface area contributed by atoms with Gasteiger partial charge in [0.2, 0.25) is 0 Å². The van der Waals surface area contributed by atoms with Gasteiger partial charge >= 0.3 is 0 Å². The Labute approximate surface area is 91.6 Å². The van der Waals surface area contributed by atoms with Crippen molar-refractivity contribution in [2.24, 2.45) is 5.11 Å². The Bertz CT molecular complexity index is 210. The SMILES string of the molecule is CCCCCC(O)/C=C/CCCN=[N+]=[N-]. The molecule has 0 bridgehead atoms. The van der Waals surface area contributed by atoms with Gasteiger partial charge in [-0.15, -0.1) is 0 Å². The van der Waals surface area contributed by atoms with Crippen molar-refractivity contribution in [2.45, 2.75) is 51.6 Å². The zero-order chi connectivity index (χ0) is 11.4. The lowest BCUT2D eigenvalue weighted by Gasteiger charge is -2.03. The van der Waals surface area contributed by atoms with E-state index in [4.69, 9.17) is 5.53 Å². The molecule has 0 radical (unpaired) electrons. The first kappa shape index (κ1) is 14.0. The second-order valence-electron chi connectivity index (χ2n) is 3.59. The van der Waals surface area contributed by atoms with Crippen molar-refractivity contribution < 1.29 is 5.11 Å². The first-order valence-corrected chi connectivity index (χ1v) is 5.66. The number of hydrogen-bond acceptors (Lipinski definition) is 2. The van der Waals surface area contributed by atoms with Crippen LogP contribution >= 0.6 is 0 Å². The second-order valence-corrected chi connectivity index (χ2v) is 3.59. The molecule has 0 heterocycles. The topological polar surface area (TPSA) is 69.0 Å². The minimum absolute atomic E-state index is 0.309. The standard InChI is InChI=1S/C11H21N3O/c1-2-3-5-8-11(15)9-6-4-7-10-13-14-12/h6,9,11,15H,2-5,7-8,10H2,1H3/b9-6+. The summed E-state index contributed by atoms with van der Waals surface area (Å²) in [6.07, 6.45) is 9.50. The molecular weight excluding hydrogens is 190 g/mol. The van der Waals surface area contributed by atoms with E-state index in [2.05, 4.69) is 16.9 Å². The number of allylic oxidation sites excluding steroid dienone is 1. The maximum Gasteiger partial charge on any atom is 0.0720 e. The van der Waals surface area contributed by atoms with Gasteiger partial charge in [0.15, 0.2) is 0 Å². The van der Waals surface area contributed by atoms with E-state index >= 15 is 0 Å². The molecule has 0 aliphatic carbocycles. The van der Waals surface area contributed by atoms with Crippen LogP contribution in [0.3, 0.4) is 0 Å². The molecular formula is C11H21N3O.